The van der Waals surface area contributed by atoms with Gasteiger partial charge in [-0.2, -0.15) is 11.8 Å². The van der Waals surface area contributed by atoms with Gasteiger partial charge in [0.05, 0.1) is 5.60 Å². The third kappa shape index (κ3) is 5.74. The van der Waals surface area contributed by atoms with Crippen molar-refractivity contribution in [3.05, 3.63) is 24.3 Å². The van der Waals surface area contributed by atoms with Gasteiger partial charge in [-0.3, -0.25) is 14.4 Å². The molecule has 3 amide bonds. The molecule has 0 radical (unpaired) electrons. The molecule has 2 rings (SSSR count). The van der Waals surface area contributed by atoms with Gasteiger partial charge in [-0.05, 0) is 44.2 Å². The Kier molecular flexibility index (Phi) is 7.05. The van der Waals surface area contributed by atoms with Crippen LogP contribution in [-0.4, -0.2) is 53.5 Å². The number of nitrogens with zero attached hydrogens (tertiary/aromatic N) is 1. The number of carbonyl (C=O) groups excluding carboxylic acids is 3. The normalized spacial score (nSPS) is 16.7. The molecular weight excluding hydrogens is 354 g/mol. The Labute approximate surface area is 157 Å². The van der Waals surface area contributed by atoms with Crippen LogP contribution in [-0.2, 0) is 14.4 Å². The lowest BCUT2D eigenvalue weighted by Crippen LogP contribution is -2.45. The monoisotopic (exact) mass is 379 g/mol. The highest BCUT2D eigenvalue weighted by atomic mass is 32.2. The zero-order chi connectivity index (χ0) is 19.2. The van der Waals surface area contributed by atoms with E-state index in [1.165, 1.54) is 11.8 Å². The van der Waals surface area contributed by atoms with Gasteiger partial charge in [0.15, 0.2) is 0 Å². The van der Waals surface area contributed by atoms with Gasteiger partial charge in [-0.15, -0.1) is 0 Å². The predicted octanol–water partition coefficient (Wildman–Crippen LogP) is 1.37. The van der Waals surface area contributed by atoms with Crippen LogP contribution in [0.5, 0.6) is 0 Å². The van der Waals surface area contributed by atoms with Crippen LogP contribution in [0.25, 0.3) is 0 Å². The molecule has 1 aromatic carbocycles. The van der Waals surface area contributed by atoms with E-state index in [1.54, 1.807) is 36.1 Å². The first-order valence-corrected chi connectivity index (χ1v) is 9.93. The maximum Gasteiger partial charge on any atom is 0.313 e. The fraction of sp³-hybridized carbons (Fsp3) is 0.500. The number of hydrogen-bond acceptors (Lipinski definition) is 5. The fourth-order valence-electron chi connectivity index (χ4n) is 2.73. The zero-order valence-corrected chi connectivity index (χ0v) is 15.9. The third-order valence-corrected chi connectivity index (χ3v) is 4.94. The minimum Gasteiger partial charge on any atom is -0.387 e. The Morgan fingerprint density at radius 1 is 1.31 bits per heavy atom. The van der Waals surface area contributed by atoms with Crippen LogP contribution in [0.1, 0.15) is 26.2 Å². The van der Waals surface area contributed by atoms with Crippen molar-refractivity contribution in [3.63, 3.8) is 0 Å². The van der Waals surface area contributed by atoms with E-state index in [0.29, 0.717) is 30.1 Å². The lowest BCUT2D eigenvalue weighted by Gasteiger charge is -2.27. The fourth-order valence-corrected chi connectivity index (χ4v) is 3.46. The average molecular weight is 379 g/mol. The van der Waals surface area contributed by atoms with E-state index in [4.69, 9.17) is 0 Å². The van der Waals surface area contributed by atoms with Crippen molar-refractivity contribution >= 4 is 40.9 Å². The number of hydrogen-bond donors (Lipinski definition) is 3. The van der Waals surface area contributed by atoms with Gasteiger partial charge in [0, 0.05) is 36.6 Å². The summed E-state index contributed by atoms with van der Waals surface area (Å²) >= 11 is 1.45. The number of benzene rings is 1. The highest BCUT2D eigenvalue weighted by Gasteiger charge is 2.23. The molecule has 1 heterocycles. The molecule has 1 aromatic rings. The van der Waals surface area contributed by atoms with Crippen LogP contribution in [0.15, 0.2) is 24.3 Å². The van der Waals surface area contributed by atoms with Gasteiger partial charge in [0.25, 0.3) is 0 Å². The molecule has 1 aliphatic rings. The first-order valence-electron chi connectivity index (χ1n) is 8.53. The molecule has 8 heteroatoms. The minimum absolute atomic E-state index is 0.0115. The molecule has 1 unspecified atom stereocenters. The van der Waals surface area contributed by atoms with Crippen LogP contribution in [0.4, 0.5) is 11.4 Å². The van der Waals surface area contributed by atoms with Crippen molar-refractivity contribution < 1.29 is 19.5 Å². The smallest absolute Gasteiger partial charge is 0.313 e. The summed E-state index contributed by atoms with van der Waals surface area (Å²) in [7, 11) is 0. The number of nitrogens with one attached hydrogen (secondary N) is 2. The highest BCUT2D eigenvalue weighted by molar-refractivity contribution is 7.98. The molecule has 1 aliphatic heterocycles. The van der Waals surface area contributed by atoms with Crippen molar-refractivity contribution in [3.8, 4) is 0 Å². The van der Waals surface area contributed by atoms with Crippen LogP contribution in [0.2, 0.25) is 0 Å². The molecular formula is C18H25N3O4S. The molecule has 0 bridgehead atoms. The summed E-state index contributed by atoms with van der Waals surface area (Å²) in [5, 5.41) is 15.0. The molecule has 142 valence electrons. The van der Waals surface area contributed by atoms with Gasteiger partial charge < -0.3 is 20.6 Å². The summed E-state index contributed by atoms with van der Waals surface area (Å²) in [4.78, 5) is 37.7. The topological polar surface area (TPSA) is 98.7 Å². The first kappa shape index (κ1) is 20.3. The van der Waals surface area contributed by atoms with Crippen molar-refractivity contribution in [1.29, 1.82) is 0 Å². The first-order chi connectivity index (χ1) is 12.3. The van der Waals surface area contributed by atoms with Crippen LogP contribution >= 0.6 is 11.8 Å². The summed E-state index contributed by atoms with van der Waals surface area (Å²) < 4.78 is 0. The van der Waals surface area contributed by atoms with E-state index in [2.05, 4.69) is 10.6 Å². The van der Waals surface area contributed by atoms with Gasteiger partial charge in [-0.25, -0.2) is 0 Å². The Hall–Kier alpha value is -2.06. The summed E-state index contributed by atoms with van der Waals surface area (Å²) in [5.74, 6) is -1.12. The maximum absolute atomic E-state index is 12.0. The summed E-state index contributed by atoms with van der Waals surface area (Å²) in [5.41, 5.74) is 0.0666. The lowest BCUT2D eigenvalue weighted by atomic mass is 10.1. The molecule has 0 saturated carbocycles. The van der Waals surface area contributed by atoms with Crippen LogP contribution in [0, 0.1) is 0 Å². The Morgan fingerprint density at radius 3 is 2.77 bits per heavy atom. The number of piperidine rings is 1. The molecule has 0 aliphatic carbocycles. The Bertz CT molecular complexity index is 678. The molecule has 0 aromatic heterocycles. The van der Waals surface area contributed by atoms with Crippen LogP contribution in [0.3, 0.4) is 0 Å². The van der Waals surface area contributed by atoms with Crippen molar-refractivity contribution in [2.45, 2.75) is 31.8 Å². The number of anilines is 2. The second kappa shape index (κ2) is 9.05. The van der Waals surface area contributed by atoms with Crippen molar-refractivity contribution in [2.24, 2.45) is 0 Å². The molecule has 1 fully saturated rings. The number of aliphatic hydroxyl groups is 1. The van der Waals surface area contributed by atoms with Gasteiger partial charge in [0.2, 0.25) is 5.91 Å². The molecule has 1 atom stereocenters. The lowest BCUT2D eigenvalue weighted by molar-refractivity contribution is -0.136. The number of rotatable bonds is 6. The van der Waals surface area contributed by atoms with Gasteiger partial charge in [0.1, 0.15) is 0 Å². The van der Waals surface area contributed by atoms with E-state index in [9.17, 15) is 19.5 Å². The summed E-state index contributed by atoms with van der Waals surface area (Å²) in [6.07, 6.45) is 4.21. The van der Waals surface area contributed by atoms with E-state index < -0.39 is 17.4 Å². The Morgan fingerprint density at radius 2 is 2.08 bits per heavy atom. The zero-order valence-electron chi connectivity index (χ0n) is 15.1. The summed E-state index contributed by atoms with van der Waals surface area (Å²) in [6.45, 7) is 2.24. The number of carbonyl (C=O) groups is 3. The third-order valence-electron chi connectivity index (χ3n) is 4.03. The van der Waals surface area contributed by atoms with Gasteiger partial charge in [-0.1, -0.05) is 6.07 Å². The molecule has 0 spiro atoms. The number of thioether (sulfide) groups is 1. The quantitative estimate of drug-likeness (QED) is 0.649. The molecule has 3 N–H and O–H groups in total. The Balaban J connectivity index is 1.95. The van der Waals surface area contributed by atoms with E-state index in [-0.39, 0.29) is 12.5 Å². The van der Waals surface area contributed by atoms with E-state index in [1.807, 2.05) is 6.26 Å². The van der Waals surface area contributed by atoms with E-state index >= 15 is 0 Å². The molecule has 7 nitrogen and oxygen atoms in total. The largest absolute Gasteiger partial charge is 0.387 e. The SMILES string of the molecule is CSCC(C)(O)CNC(=O)C(=O)Nc1cccc(N2CCCCC2=O)c1. The maximum atomic E-state index is 12.0. The van der Waals surface area contributed by atoms with Crippen molar-refractivity contribution in [1.82, 2.24) is 5.32 Å². The highest BCUT2D eigenvalue weighted by Crippen LogP contribution is 2.23. The van der Waals surface area contributed by atoms with Crippen molar-refractivity contribution in [2.75, 3.05) is 35.3 Å². The van der Waals surface area contributed by atoms with Gasteiger partial charge >= 0.3 is 11.8 Å². The predicted molar refractivity (Wildman–Crippen MR) is 103 cm³/mol. The number of amides is 3. The average Bonchev–Trinajstić information content (AvgIpc) is 2.60. The minimum atomic E-state index is -1.08. The molecule has 1 saturated heterocycles. The second-order valence-electron chi connectivity index (χ2n) is 6.62. The summed E-state index contributed by atoms with van der Waals surface area (Å²) in [6, 6.07) is 6.87. The standard InChI is InChI=1S/C18H25N3O4S/c1-18(25,12-26-2)11-19-16(23)17(24)20-13-6-5-7-14(10-13)21-9-4-3-8-15(21)22/h5-7,10,25H,3-4,8-9,11-12H2,1-2H3,(H,19,23)(H,20,24). The van der Waals surface area contributed by atoms with E-state index in [0.717, 1.165) is 12.8 Å². The molecule has 26 heavy (non-hydrogen) atoms. The van der Waals surface area contributed by atoms with Crippen LogP contribution < -0.4 is 15.5 Å². The second-order valence-corrected chi connectivity index (χ2v) is 7.49.